The van der Waals surface area contributed by atoms with Gasteiger partial charge < -0.3 is 15.4 Å². The van der Waals surface area contributed by atoms with Crippen LogP contribution < -0.4 is 15.4 Å². The molecule has 2 N–H and O–H groups in total. The lowest BCUT2D eigenvalue weighted by atomic mass is 9.66. The van der Waals surface area contributed by atoms with Crippen molar-refractivity contribution in [2.24, 2.45) is 5.41 Å². The number of amides is 1. The minimum Gasteiger partial charge on any atom is -0.479 e. The Balaban J connectivity index is 1.45. The molecule has 5 rings (SSSR count). The lowest BCUT2D eigenvalue weighted by molar-refractivity contribution is -0.134. The number of carbonyl (C=O) groups is 1. The summed E-state index contributed by atoms with van der Waals surface area (Å²) in [5, 5.41) is 14.9. The van der Waals surface area contributed by atoms with E-state index in [9.17, 15) is 4.79 Å². The average molecular weight is 406 g/mol. The van der Waals surface area contributed by atoms with Crippen molar-refractivity contribution < 1.29 is 9.53 Å². The molecule has 0 atom stereocenters. The van der Waals surface area contributed by atoms with Crippen LogP contribution in [0.1, 0.15) is 19.8 Å². The normalized spacial score (nSPS) is 20.8. The predicted octanol–water partition coefficient (Wildman–Crippen LogP) is 1.77. The first-order valence-electron chi connectivity index (χ1n) is 9.72. The number of nitrogens with zero attached hydrogens (tertiary/aromatic N) is 6. The lowest BCUT2D eigenvalue weighted by Gasteiger charge is -2.43. The molecule has 154 valence electrons. The maximum Gasteiger partial charge on any atom is 0.244 e. The Morgan fingerprint density at radius 1 is 1.27 bits per heavy atom. The van der Waals surface area contributed by atoms with E-state index in [1.165, 1.54) is 6.33 Å². The molecule has 1 saturated carbocycles. The molecule has 10 heteroatoms. The molecule has 1 aliphatic rings. The third-order valence-corrected chi connectivity index (χ3v) is 5.76. The third-order valence-electron chi connectivity index (χ3n) is 5.76. The first-order chi connectivity index (χ1) is 14.5. The number of rotatable bonds is 5. The summed E-state index contributed by atoms with van der Waals surface area (Å²) in [6, 6.07) is 6.01. The van der Waals surface area contributed by atoms with E-state index in [0.717, 1.165) is 35.1 Å². The number of aromatic nitrogens is 6. The van der Waals surface area contributed by atoms with Crippen LogP contribution in [0.5, 0.6) is 5.88 Å². The van der Waals surface area contributed by atoms with E-state index in [2.05, 4.69) is 30.8 Å². The number of hydrogen-bond donors (Lipinski definition) is 2. The standard InChI is InChI=1S/C20H22N8O2/c1-20(18(29)21-2)8-13(9-20)24-19-25-17(30-3)16-14(6-7-27(16)26-19)12-4-5-15-22-11-23-28(15)10-12/h4-7,10-11,13H,8-9H2,1-3H3,(H,21,29)(H,24,26). The van der Waals surface area contributed by atoms with Crippen molar-refractivity contribution in [1.82, 2.24) is 34.5 Å². The van der Waals surface area contributed by atoms with Crippen molar-refractivity contribution in [2.75, 3.05) is 19.5 Å². The molecule has 1 aliphatic carbocycles. The van der Waals surface area contributed by atoms with Crippen LogP contribution >= 0.6 is 0 Å². The zero-order valence-electron chi connectivity index (χ0n) is 17.0. The van der Waals surface area contributed by atoms with E-state index >= 15 is 0 Å². The molecule has 30 heavy (non-hydrogen) atoms. The van der Waals surface area contributed by atoms with Gasteiger partial charge in [-0.3, -0.25) is 4.79 Å². The molecule has 4 aromatic heterocycles. The summed E-state index contributed by atoms with van der Waals surface area (Å²) in [7, 11) is 3.26. The van der Waals surface area contributed by atoms with Crippen molar-refractivity contribution >= 4 is 23.0 Å². The van der Waals surface area contributed by atoms with E-state index in [1.54, 1.807) is 23.2 Å². The van der Waals surface area contributed by atoms with Gasteiger partial charge in [0.1, 0.15) is 11.8 Å². The molecule has 0 aliphatic heterocycles. The number of nitrogens with one attached hydrogen (secondary N) is 2. The Morgan fingerprint density at radius 3 is 2.87 bits per heavy atom. The Bertz CT molecular complexity index is 1250. The number of anilines is 1. The van der Waals surface area contributed by atoms with E-state index in [-0.39, 0.29) is 17.4 Å². The van der Waals surface area contributed by atoms with Crippen molar-refractivity contribution in [1.29, 1.82) is 0 Å². The fourth-order valence-electron chi connectivity index (χ4n) is 4.20. The van der Waals surface area contributed by atoms with Crippen LogP contribution in [0.2, 0.25) is 0 Å². The first-order valence-corrected chi connectivity index (χ1v) is 9.72. The Morgan fingerprint density at radius 2 is 2.10 bits per heavy atom. The molecule has 1 fully saturated rings. The summed E-state index contributed by atoms with van der Waals surface area (Å²) in [6.07, 6.45) is 6.77. The second-order valence-corrected chi connectivity index (χ2v) is 7.84. The third kappa shape index (κ3) is 2.83. The van der Waals surface area contributed by atoms with Crippen LogP contribution in [0.3, 0.4) is 0 Å². The SMILES string of the molecule is CNC(=O)C1(C)CC(Nc2nc(OC)c3c(-c4ccc5ncnn5c4)ccn3n2)C1. The number of ether oxygens (including phenoxy) is 1. The summed E-state index contributed by atoms with van der Waals surface area (Å²) < 4.78 is 9.06. The minimum absolute atomic E-state index is 0.0638. The van der Waals surface area contributed by atoms with Crippen molar-refractivity contribution in [2.45, 2.75) is 25.8 Å². The number of pyridine rings is 1. The van der Waals surface area contributed by atoms with E-state index in [0.29, 0.717) is 11.8 Å². The molecule has 10 nitrogen and oxygen atoms in total. The van der Waals surface area contributed by atoms with Gasteiger partial charge in [-0.2, -0.15) is 10.1 Å². The molecule has 0 bridgehead atoms. The van der Waals surface area contributed by atoms with E-state index in [4.69, 9.17) is 4.74 Å². The lowest BCUT2D eigenvalue weighted by Crippen LogP contribution is -2.51. The highest BCUT2D eigenvalue weighted by Crippen LogP contribution is 2.42. The highest BCUT2D eigenvalue weighted by atomic mass is 16.5. The Hall–Kier alpha value is -3.69. The van der Waals surface area contributed by atoms with E-state index in [1.807, 2.05) is 37.5 Å². The van der Waals surface area contributed by atoms with Gasteiger partial charge in [-0.25, -0.2) is 14.0 Å². The van der Waals surface area contributed by atoms with E-state index < -0.39 is 0 Å². The first kappa shape index (κ1) is 18.3. The summed E-state index contributed by atoms with van der Waals surface area (Å²) >= 11 is 0. The minimum atomic E-state index is -0.346. The molecule has 4 aromatic rings. The van der Waals surface area contributed by atoms with Gasteiger partial charge >= 0.3 is 0 Å². The van der Waals surface area contributed by atoms with Crippen LogP contribution in [0.15, 0.2) is 36.9 Å². The van der Waals surface area contributed by atoms with Crippen molar-refractivity contribution in [3.63, 3.8) is 0 Å². The van der Waals surface area contributed by atoms with Gasteiger partial charge in [0.25, 0.3) is 0 Å². The maximum absolute atomic E-state index is 12.0. The van der Waals surface area contributed by atoms with Crippen LogP contribution in [-0.4, -0.2) is 55.3 Å². The molecular weight excluding hydrogens is 384 g/mol. The van der Waals surface area contributed by atoms with Gasteiger partial charge in [0.2, 0.25) is 17.7 Å². The number of carbonyl (C=O) groups excluding carboxylic acids is 1. The summed E-state index contributed by atoms with van der Waals surface area (Å²) in [4.78, 5) is 20.7. The summed E-state index contributed by atoms with van der Waals surface area (Å²) in [6.45, 7) is 1.97. The molecule has 0 spiro atoms. The van der Waals surface area contributed by atoms with Crippen molar-refractivity contribution in [3.8, 4) is 17.0 Å². The molecule has 0 radical (unpaired) electrons. The van der Waals surface area contributed by atoms with Gasteiger partial charge in [0, 0.05) is 36.6 Å². The molecule has 4 heterocycles. The zero-order valence-corrected chi connectivity index (χ0v) is 17.0. The fourth-order valence-corrected chi connectivity index (χ4v) is 4.20. The van der Waals surface area contributed by atoms with Crippen LogP contribution in [-0.2, 0) is 4.79 Å². The Kier molecular flexibility index (Phi) is 4.09. The van der Waals surface area contributed by atoms with Gasteiger partial charge in [-0.1, -0.05) is 6.92 Å². The predicted molar refractivity (Wildman–Crippen MR) is 110 cm³/mol. The van der Waals surface area contributed by atoms with Crippen LogP contribution in [0, 0.1) is 5.41 Å². The number of methoxy groups -OCH3 is 1. The second-order valence-electron chi connectivity index (χ2n) is 7.84. The summed E-state index contributed by atoms with van der Waals surface area (Å²) in [5.41, 5.74) is 3.10. The van der Waals surface area contributed by atoms with Gasteiger partial charge in [-0.15, -0.1) is 5.10 Å². The summed E-state index contributed by atoms with van der Waals surface area (Å²) in [5.74, 6) is 1.01. The maximum atomic E-state index is 12.0. The molecule has 0 saturated heterocycles. The molecule has 0 unspecified atom stereocenters. The average Bonchev–Trinajstić information content (AvgIpc) is 3.37. The van der Waals surface area contributed by atoms with Crippen molar-refractivity contribution in [3.05, 3.63) is 36.9 Å². The number of fused-ring (bicyclic) bond motifs is 2. The number of hydrogen-bond acceptors (Lipinski definition) is 7. The Labute approximate surface area is 172 Å². The smallest absolute Gasteiger partial charge is 0.244 e. The topological polar surface area (TPSA) is 111 Å². The zero-order chi connectivity index (χ0) is 20.9. The highest BCUT2D eigenvalue weighted by Gasteiger charge is 2.46. The quantitative estimate of drug-likeness (QED) is 0.520. The second kappa shape index (κ2) is 6.68. The monoisotopic (exact) mass is 406 g/mol. The van der Waals surface area contributed by atoms with Crippen LogP contribution in [0.4, 0.5) is 5.95 Å². The highest BCUT2D eigenvalue weighted by molar-refractivity contribution is 5.85. The van der Waals surface area contributed by atoms with Crippen LogP contribution in [0.25, 0.3) is 22.3 Å². The molecular formula is C20H22N8O2. The van der Waals surface area contributed by atoms with Gasteiger partial charge in [-0.05, 0) is 31.0 Å². The fraction of sp³-hybridized carbons (Fsp3) is 0.350. The molecule has 0 aromatic carbocycles. The largest absolute Gasteiger partial charge is 0.479 e. The van der Waals surface area contributed by atoms with Gasteiger partial charge in [0.15, 0.2) is 5.65 Å². The van der Waals surface area contributed by atoms with Gasteiger partial charge in [0.05, 0.1) is 12.5 Å². The molecule has 1 amide bonds.